The van der Waals surface area contributed by atoms with E-state index >= 15 is 0 Å². The number of fused-ring (bicyclic) bond motifs is 1. The average Bonchev–Trinajstić information content (AvgIpc) is 3.22. The van der Waals surface area contributed by atoms with E-state index < -0.39 is 0 Å². The van der Waals surface area contributed by atoms with Gasteiger partial charge < -0.3 is 10.6 Å². The van der Waals surface area contributed by atoms with Crippen LogP contribution in [-0.4, -0.2) is 33.6 Å². The molecule has 0 fully saturated rings. The molecule has 0 saturated carbocycles. The molecule has 0 bridgehead atoms. The number of rotatable bonds is 5. The Kier molecular flexibility index (Phi) is 4.51. The fourth-order valence-corrected chi connectivity index (χ4v) is 4.53. The highest BCUT2D eigenvalue weighted by Crippen LogP contribution is 2.39. The van der Waals surface area contributed by atoms with E-state index in [9.17, 15) is 0 Å². The number of nitrogens with one attached hydrogen (secondary N) is 1. The van der Waals surface area contributed by atoms with Crippen molar-refractivity contribution >= 4 is 27.6 Å². The van der Waals surface area contributed by atoms with Crippen LogP contribution in [0.25, 0.3) is 15.8 Å². The van der Waals surface area contributed by atoms with E-state index in [-0.39, 0.29) is 6.04 Å². The molecule has 4 rings (SSSR count). The lowest BCUT2D eigenvalue weighted by molar-refractivity contribution is 0.374. The first-order valence-electron chi connectivity index (χ1n) is 8.52. The number of thioether (sulfide) groups is 1. The Morgan fingerprint density at radius 2 is 2.08 bits per heavy atom. The van der Waals surface area contributed by atoms with E-state index in [0.29, 0.717) is 0 Å². The standard InChI is InChI=1S/C20H22N4S/c1-14-20(16-7-8-19-17(10-16)11-22-23-19)25-13-24(14)12-18(21)9-15-5-3-2-4-6-15/h2-8,10-11,18H,9,12-13,21H2,1H3,(H,22,23)/t18-/m0/s1. The number of aromatic amines is 1. The molecule has 1 aromatic heterocycles. The number of nitrogens with two attached hydrogens (primary N) is 1. The smallest absolute Gasteiger partial charge is 0.0684 e. The van der Waals surface area contributed by atoms with Gasteiger partial charge in [0.05, 0.1) is 17.6 Å². The highest BCUT2D eigenvalue weighted by molar-refractivity contribution is 8.08. The van der Waals surface area contributed by atoms with Crippen molar-refractivity contribution in [3.05, 3.63) is 71.6 Å². The van der Waals surface area contributed by atoms with Gasteiger partial charge in [0.1, 0.15) is 0 Å². The van der Waals surface area contributed by atoms with Gasteiger partial charge in [-0.05, 0) is 36.6 Å². The summed E-state index contributed by atoms with van der Waals surface area (Å²) in [6.07, 6.45) is 2.79. The first-order valence-corrected chi connectivity index (χ1v) is 9.51. The molecular weight excluding hydrogens is 328 g/mol. The van der Waals surface area contributed by atoms with Crippen molar-refractivity contribution in [2.24, 2.45) is 5.73 Å². The molecule has 1 aliphatic rings. The largest absolute Gasteiger partial charge is 0.363 e. The molecule has 5 heteroatoms. The molecular formula is C20H22N4S. The maximum absolute atomic E-state index is 6.41. The van der Waals surface area contributed by atoms with Gasteiger partial charge in [-0.1, -0.05) is 36.4 Å². The minimum Gasteiger partial charge on any atom is -0.363 e. The predicted molar refractivity (Wildman–Crippen MR) is 106 cm³/mol. The van der Waals surface area contributed by atoms with Crippen LogP contribution in [0.3, 0.4) is 0 Å². The lowest BCUT2D eigenvalue weighted by Crippen LogP contribution is -2.36. The second kappa shape index (κ2) is 6.94. The molecule has 1 atom stereocenters. The van der Waals surface area contributed by atoms with Crippen LogP contribution in [0.4, 0.5) is 0 Å². The molecule has 4 nitrogen and oxygen atoms in total. The quantitative estimate of drug-likeness (QED) is 0.734. The van der Waals surface area contributed by atoms with E-state index in [2.05, 4.69) is 64.5 Å². The zero-order chi connectivity index (χ0) is 17.2. The average molecular weight is 350 g/mol. The number of allylic oxidation sites excluding steroid dienone is 1. The van der Waals surface area contributed by atoms with Crippen molar-refractivity contribution in [1.82, 2.24) is 15.1 Å². The van der Waals surface area contributed by atoms with E-state index in [0.717, 1.165) is 29.7 Å². The lowest BCUT2D eigenvalue weighted by Gasteiger charge is -2.23. The summed E-state index contributed by atoms with van der Waals surface area (Å²) >= 11 is 1.89. The van der Waals surface area contributed by atoms with Crippen molar-refractivity contribution in [1.29, 1.82) is 0 Å². The van der Waals surface area contributed by atoms with Gasteiger partial charge in [0.2, 0.25) is 0 Å². The highest BCUT2D eigenvalue weighted by Gasteiger charge is 2.22. The lowest BCUT2D eigenvalue weighted by atomic mass is 10.1. The van der Waals surface area contributed by atoms with Gasteiger partial charge in [-0.25, -0.2) is 0 Å². The zero-order valence-corrected chi connectivity index (χ0v) is 15.1. The zero-order valence-electron chi connectivity index (χ0n) is 14.3. The minimum absolute atomic E-state index is 0.133. The van der Waals surface area contributed by atoms with Gasteiger partial charge in [-0.2, -0.15) is 5.10 Å². The van der Waals surface area contributed by atoms with E-state index in [1.165, 1.54) is 21.7 Å². The molecule has 0 aliphatic carbocycles. The van der Waals surface area contributed by atoms with Crippen molar-refractivity contribution < 1.29 is 0 Å². The number of nitrogens with zero attached hydrogens (tertiary/aromatic N) is 2. The van der Waals surface area contributed by atoms with Crippen LogP contribution >= 0.6 is 11.8 Å². The SMILES string of the molecule is CC1=C(c2ccc3[nH]ncc3c2)SCN1C[C@@H](N)Cc1ccccc1. The minimum atomic E-state index is 0.133. The van der Waals surface area contributed by atoms with Crippen LogP contribution in [0.1, 0.15) is 18.1 Å². The van der Waals surface area contributed by atoms with Crippen LogP contribution in [0, 0.1) is 0 Å². The molecule has 0 spiro atoms. The number of H-pyrrole nitrogens is 1. The van der Waals surface area contributed by atoms with Crippen LogP contribution in [0.15, 0.2) is 60.4 Å². The highest BCUT2D eigenvalue weighted by atomic mass is 32.2. The molecule has 0 saturated heterocycles. The number of hydrogen-bond donors (Lipinski definition) is 2. The fraction of sp³-hybridized carbons (Fsp3) is 0.250. The summed E-state index contributed by atoms with van der Waals surface area (Å²) in [6.45, 7) is 3.08. The molecule has 2 aromatic carbocycles. The van der Waals surface area contributed by atoms with E-state index in [1.807, 2.05) is 24.0 Å². The fourth-order valence-electron chi connectivity index (χ4n) is 3.32. The molecule has 128 valence electrons. The molecule has 25 heavy (non-hydrogen) atoms. The summed E-state index contributed by atoms with van der Waals surface area (Å²) in [7, 11) is 0. The topological polar surface area (TPSA) is 57.9 Å². The molecule has 0 unspecified atom stereocenters. The second-order valence-corrected chi connectivity index (χ2v) is 7.49. The van der Waals surface area contributed by atoms with E-state index in [1.54, 1.807) is 0 Å². The summed E-state index contributed by atoms with van der Waals surface area (Å²) in [4.78, 5) is 3.74. The molecule has 3 N–H and O–H groups in total. The van der Waals surface area contributed by atoms with Gasteiger partial charge in [0.25, 0.3) is 0 Å². The van der Waals surface area contributed by atoms with Crippen LogP contribution in [0.2, 0.25) is 0 Å². The van der Waals surface area contributed by atoms with Gasteiger partial charge in [0.15, 0.2) is 0 Å². The van der Waals surface area contributed by atoms with Gasteiger partial charge in [0, 0.05) is 28.6 Å². The Labute approximate surface area is 152 Å². The Bertz CT molecular complexity index is 900. The third-order valence-corrected chi connectivity index (χ3v) is 5.93. The predicted octanol–water partition coefficient (Wildman–Crippen LogP) is 3.83. The first-order chi connectivity index (χ1) is 12.2. The summed E-state index contributed by atoms with van der Waals surface area (Å²) in [6, 6.07) is 17.1. The Hall–Kier alpha value is -2.24. The van der Waals surface area contributed by atoms with Gasteiger partial charge in [-0.3, -0.25) is 5.10 Å². The molecule has 1 aliphatic heterocycles. The third kappa shape index (κ3) is 3.43. The van der Waals surface area contributed by atoms with Crippen LogP contribution < -0.4 is 5.73 Å². The molecule has 0 amide bonds. The van der Waals surface area contributed by atoms with Crippen LogP contribution in [0.5, 0.6) is 0 Å². The van der Waals surface area contributed by atoms with Crippen molar-refractivity contribution in [3.8, 4) is 0 Å². The van der Waals surface area contributed by atoms with Crippen molar-refractivity contribution in [2.75, 3.05) is 12.4 Å². The Morgan fingerprint density at radius 3 is 2.92 bits per heavy atom. The van der Waals surface area contributed by atoms with Crippen molar-refractivity contribution in [2.45, 2.75) is 19.4 Å². The maximum atomic E-state index is 6.41. The molecule has 3 aromatic rings. The maximum Gasteiger partial charge on any atom is 0.0684 e. The number of hydrogen-bond acceptors (Lipinski definition) is 4. The Morgan fingerprint density at radius 1 is 1.24 bits per heavy atom. The second-order valence-electron chi connectivity index (χ2n) is 6.53. The number of aromatic nitrogens is 2. The van der Waals surface area contributed by atoms with Gasteiger partial charge >= 0.3 is 0 Å². The monoisotopic (exact) mass is 350 g/mol. The summed E-state index contributed by atoms with van der Waals surface area (Å²) in [5.74, 6) is 0.965. The van der Waals surface area contributed by atoms with Crippen molar-refractivity contribution in [3.63, 3.8) is 0 Å². The summed E-state index contributed by atoms with van der Waals surface area (Å²) in [5.41, 5.74) is 11.4. The van der Waals surface area contributed by atoms with E-state index in [4.69, 9.17) is 5.73 Å². The van der Waals surface area contributed by atoms with Crippen LogP contribution in [-0.2, 0) is 6.42 Å². The molecule has 2 heterocycles. The number of benzene rings is 2. The molecule has 0 radical (unpaired) electrons. The first kappa shape index (κ1) is 16.2. The van der Waals surface area contributed by atoms with Gasteiger partial charge in [-0.15, -0.1) is 11.8 Å². The summed E-state index contributed by atoms with van der Waals surface area (Å²) < 4.78 is 0. The Balaban J connectivity index is 1.48. The third-order valence-electron chi connectivity index (χ3n) is 4.67. The normalized spacial score (nSPS) is 16.0. The summed E-state index contributed by atoms with van der Waals surface area (Å²) in [5, 5.41) is 8.26.